The van der Waals surface area contributed by atoms with Crippen molar-refractivity contribution in [2.45, 2.75) is 45.4 Å². The molecule has 2 heterocycles. The van der Waals surface area contributed by atoms with E-state index in [-0.39, 0.29) is 6.04 Å². The van der Waals surface area contributed by atoms with Gasteiger partial charge in [-0.15, -0.1) is 0 Å². The van der Waals surface area contributed by atoms with Gasteiger partial charge >= 0.3 is 0 Å². The van der Waals surface area contributed by atoms with Crippen LogP contribution in [0.15, 0.2) is 29.3 Å². The van der Waals surface area contributed by atoms with Gasteiger partial charge in [0.2, 0.25) is 0 Å². The summed E-state index contributed by atoms with van der Waals surface area (Å²) >= 11 is 6.05. The number of nitrogens with zero attached hydrogens (tertiary/aromatic N) is 4. The van der Waals surface area contributed by atoms with Gasteiger partial charge in [-0.2, -0.15) is 5.10 Å². The van der Waals surface area contributed by atoms with E-state index in [1.165, 1.54) is 5.56 Å². The maximum absolute atomic E-state index is 6.05. The molecule has 0 fully saturated rings. The molecule has 0 saturated heterocycles. The highest BCUT2D eigenvalue weighted by atomic mass is 35.5. The second kappa shape index (κ2) is 9.71. The lowest BCUT2D eigenvalue weighted by molar-refractivity contribution is 0.177. The largest absolute Gasteiger partial charge is 0.377 e. The molecule has 146 valence electrons. The molecule has 1 aliphatic heterocycles. The first-order chi connectivity index (χ1) is 13.2. The molecule has 7 nitrogen and oxygen atoms in total. The smallest absolute Gasteiger partial charge is 0.191 e. The van der Waals surface area contributed by atoms with Crippen LogP contribution in [0.3, 0.4) is 0 Å². The average Bonchev–Trinajstić information content (AvgIpc) is 3.04. The van der Waals surface area contributed by atoms with Crippen molar-refractivity contribution in [1.29, 1.82) is 0 Å². The van der Waals surface area contributed by atoms with Crippen LogP contribution in [-0.2, 0) is 30.7 Å². The van der Waals surface area contributed by atoms with Gasteiger partial charge in [0.25, 0.3) is 0 Å². The summed E-state index contributed by atoms with van der Waals surface area (Å²) in [6.07, 6.45) is 2.76. The van der Waals surface area contributed by atoms with Crippen LogP contribution in [0.5, 0.6) is 0 Å². The summed E-state index contributed by atoms with van der Waals surface area (Å²) < 4.78 is 7.10. The van der Waals surface area contributed by atoms with Gasteiger partial charge in [-0.25, -0.2) is 9.67 Å². The monoisotopic (exact) mass is 390 g/mol. The summed E-state index contributed by atoms with van der Waals surface area (Å²) in [5, 5.41) is 12.1. The zero-order chi connectivity index (χ0) is 19.1. The Kier molecular flexibility index (Phi) is 7.06. The Morgan fingerprint density at radius 2 is 2.33 bits per heavy atom. The van der Waals surface area contributed by atoms with Gasteiger partial charge in [0.05, 0.1) is 6.54 Å². The van der Waals surface area contributed by atoms with Crippen molar-refractivity contribution < 1.29 is 4.74 Å². The molecular formula is C19H27ClN6O. The van der Waals surface area contributed by atoms with Gasteiger partial charge in [0.1, 0.15) is 12.4 Å². The van der Waals surface area contributed by atoms with Crippen molar-refractivity contribution >= 4 is 17.6 Å². The molecule has 1 unspecified atom stereocenters. The maximum Gasteiger partial charge on any atom is 0.191 e. The van der Waals surface area contributed by atoms with E-state index in [1.54, 1.807) is 7.11 Å². The summed E-state index contributed by atoms with van der Waals surface area (Å²) in [5.74, 6) is 2.61. The van der Waals surface area contributed by atoms with Gasteiger partial charge in [0.15, 0.2) is 11.8 Å². The Morgan fingerprint density at radius 3 is 3.11 bits per heavy atom. The quantitative estimate of drug-likeness (QED) is 0.559. The van der Waals surface area contributed by atoms with Crippen LogP contribution < -0.4 is 10.6 Å². The SMILES string of the molecule is CCNC(=NCCc1cccc(Cl)c1)NC1CCc2nc(COC)nn2C1. The molecular weight excluding hydrogens is 364 g/mol. The number of nitrogens with one attached hydrogen (secondary N) is 2. The van der Waals surface area contributed by atoms with Gasteiger partial charge in [-0.1, -0.05) is 23.7 Å². The van der Waals surface area contributed by atoms with E-state index in [9.17, 15) is 0 Å². The highest BCUT2D eigenvalue weighted by Crippen LogP contribution is 2.14. The zero-order valence-electron chi connectivity index (χ0n) is 15.9. The molecule has 0 spiro atoms. The van der Waals surface area contributed by atoms with Gasteiger partial charge in [0, 0.05) is 37.7 Å². The maximum atomic E-state index is 6.05. The molecule has 1 aromatic heterocycles. The number of methoxy groups -OCH3 is 1. The third-order valence-corrected chi connectivity index (χ3v) is 4.65. The number of halogens is 1. The van der Waals surface area contributed by atoms with Gasteiger partial charge in [-0.05, 0) is 37.5 Å². The van der Waals surface area contributed by atoms with E-state index in [4.69, 9.17) is 21.3 Å². The summed E-state index contributed by atoms with van der Waals surface area (Å²) in [5.41, 5.74) is 1.19. The van der Waals surface area contributed by atoms with Crippen LogP contribution in [0, 0.1) is 0 Å². The normalized spacial score (nSPS) is 16.9. The number of fused-ring (bicyclic) bond motifs is 1. The lowest BCUT2D eigenvalue weighted by Crippen LogP contribution is -2.47. The number of rotatable bonds is 7. The minimum Gasteiger partial charge on any atom is -0.377 e. The molecule has 1 atom stereocenters. The number of aromatic nitrogens is 3. The lowest BCUT2D eigenvalue weighted by atomic mass is 10.1. The molecule has 1 aliphatic rings. The van der Waals surface area contributed by atoms with E-state index >= 15 is 0 Å². The molecule has 1 aromatic carbocycles. The van der Waals surface area contributed by atoms with Crippen molar-refractivity contribution in [3.05, 3.63) is 46.5 Å². The minimum atomic E-state index is 0.276. The van der Waals surface area contributed by atoms with Crippen LogP contribution in [-0.4, -0.2) is 47.0 Å². The predicted octanol–water partition coefficient (Wildman–Crippen LogP) is 2.19. The summed E-state index contributed by atoms with van der Waals surface area (Å²) in [4.78, 5) is 9.23. The van der Waals surface area contributed by atoms with E-state index < -0.39 is 0 Å². The first kappa shape index (κ1) is 19.6. The minimum absolute atomic E-state index is 0.276. The van der Waals surface area contributed by atoms with Gasteiger partial charge < -0.3 is 15.4 Å². The molecule has 3 rings (SSSR count). The van der Waals surface area contributed by atoms with E-state index in [2.05, 4.69) is 33.7 Å². The number of hydrogen-bond donors (Lipinski definition) is 2. The van der Waals surface area contributed by atoms with Crippen LogP contribution >= 0.6 is 11.6 Å². The molecule has 0 radical (unpaired) electrons. The zero-order valence-corrected chi connectivity index (χ0v) is 16.7. The topological polar surface area (TPSA) is 76.4 Å². The number of hydrogen-bond acceptors (Lipinski definition) is 4. The van der Waals surface area contributed by atoms with E-state index in [0.717, 1.165) is 55.0 Å². The number of guanidine groups is 1. The molecule has 8 heteroatoms. The fourth-order valence-corrected chi connectivity index (χ4v) is 3.38. The Bertz CT molecular complexity index is 775. The van der Waals surface area contributed by atoms with Crippen LogP contribution in [0.4, 0.5) is 0 Å². The fourth-order valence-electron chi connectivity index (χ4n) is 3.17. The highest BCUT2D eigenvalue weighted by molar-refractivity contribution is 6.30. The Labute approximate surface area is 165 Å². The fraction of sp³-hybridized carbons (Fsp3) is 0.526. The average molecular weight is 391 g/mol. The van der Waals surface area contributed by atoms with Crippen molar-refractivity contribution in [2.24, 2.45) is 4.99 Å². The molecule has 0 amide bonds. The van der Waals surface area contributed by atoms with Gasteiger partial charge in [-0.3, -0.25) is 4.99 Å². The second-order valence-corrected chi connectivity index (χ2v) is 7.02. The highest BCUT2D eigenvalue weighted by Gasteiger charge is 2.22. The Hall–Kier alpha value is -2.12. The molecule has 0 bridgehead atoms. The number of aryl methyl sites for hydroxylation is 1. The first-order valence-corrected chi connectivity index (χ1v) is 9.76. The molecule has 27 heavy (non-hydrogen) atoms. The predicted molar refractivity (Wildman–Crippen MR) is 107 cm³/mol. The molecule has 0 aliphatic carbocycles. The Morgan fingerprint density at radius 1 is 1.44 bits per heavy atom. The second-order valence-electron chi connectivity index (χ2n) is 6.58. The van der Waals surface area contributed by atoms with Crippen molar-refractivity contribution in [2.75, 3.05) is 20.2 Å². The lowest BCUT2D eigenvalue weighted by Gasteiger charge is -2.25. The number of ether oxygens (including phenoxy) is 1. The van der Waals surface area contributed by atoms with E-state index in [1.807, 2.05) is 22.9 Å². The summed E-state index contributed by atoms with van der Waals surface area (Å²) in [6, 6.07) is 8.20. The van der Waals surface area contributed by atoms with Crippen LogP contribution in [0.25, 0.3) is 0 Å². The molecule has 0 saturated carbocycles. The number of aliphatic imine (C=N–C) groups is 1. The van der Waals surface area contributed by atoms with Crippen molar-refractivity contribution in [3.63, 3.8) is 0 Å². The summed E-state index contributed by atoms with van der Waals surface area (Å²) in [7, 11) is 1.66. The molecule has 2 aromatic rings. The van der Waals surface area contributed by atoms with Crippen molar-refractivity contribution in [3.8, 4) is 0 Å². The Balaban J connectivity index is 1.57. The standard InChI is InChI=1S/C19H27ClN6O/c1-3-21-19(22-10-9-14-5-4-6-15(20)11-14)23-16-7-8-18-24-17(13-27-2)25-26(18)12-16/h4-6,11,16H,3,7-10,12-13H2,1-2H3,(H2,21,22,23). The van der Waals surface area contributed by atoms with Crippen molar-refractivity contribution in [1.82, 2.24) is 25.4 Å². The first-order valence-electron chi connectivity index (χ1n) is 9.38. The van der Waals surface area contributed by atoms with Crippen LogP contribution in [0.2, 0.25) is 5.02 Å². The molecule has 2 N–H and O–H groups in total. The third kappa shape index (κ3) is 5.68. The summed E-state index contributed by atoms with van der Waals surface area (Å²) in [6.45, 7) is 4.83. The van der Waals surface area contributed by atoms with Crippen LogP contribution in [0.1, 0.15) is 30.6 Å². The number of benzene rings is 1. The van der Waals surface area contributed by atoms with E-state index in [0.29, 0.717) is 13.2 Å². The third-order valence-electron chi connectivity index (χ3n) is 4.42.